The van der Waals surface area contributed by atoms with Gasteiger partial charge in [0.2, 0.25) is 0 Å². The summed E-state index contributed by atoms with van der Waals surface area (Å²) >= 11 is 0. The molecule has 0 bridgehead atoms. The van der Waals surface area contributed by atoms with E-state index >= 15 is 0 Å². The lowest BCUT2D eigenvalue weighted by atomic mass is 10.2. The maximum absolute atomic E-state index is 13.1. The van der Waals surface area contributed by atoms with Crippen LogP contribution in [0.2, 0.25) is 0 Å². The van der Waals surface area contributed by atoms with E-state index in [-0.39, 0.29) is 11.5 Å². The summed E-state index contributed by atoms with van der Waals surface area (Å²) in [7, 11) is 0. The van der Waals surface area contributed by atoms with Crippen molar-refractivity contribution in [2.45, 2.75) is 6.18 Å². The lowest BCUT2D eigenvalue weighted by molar-refractivity contribution is -0.141. The lowest BCUT2D eigenvalue weighted by Gasteiger charge is -2.10. The van der Waals surface area contributed by atoms with Crippen LogP contribution >= 0.6 is 0 Å². The Hall–Kier alpha value is -4.02. The van der Waals surface area contributed by atoms with Crippen LogP contribution in [0.25, 0.3) is 39.4 Å². The van der Waals surface area contributed by atoms with Gasteiger partial charge in [-0.2, -0.15) is 13.2 Å². The van der Waals surface area contributed by atoms with Crippen molar-refractivity contribution in [3.8, 4) is 17.3 Å². The molecule has 0 saturated heterocycles. The fourth-order valence-electron chi connectivity index (χ4n) is 3.10. The van der Waals surface area contributed by atoms with Crippen LogP contribution in [0.4, 0.5) is 19.0 Å². The molecule has 144 valence electrons. The van der Waals surface area contributed by atoms with Crippen molar-refractivity contribution in [1.29, 1.82) is 0 Å². The van der Waals surface area contributed by atoms with E-state index in [1.54, 1.807) is 29.1 Å². The molecule has 5 aromatic rings. The summed E-state index contributed by atoms with van der Waals surface area (Å²) in [4.78, 5) is 23.6. The Morgan fingerprint density at radius 3 is 2.69 bits per heavy atom. The first-order chi connectivity index (χ1) is 13.9. The highest BCUT2D eigenvalue weighted by atomic mass is 19.4. The van der Waals surface area contributed by atoms with E-state index in [1.807, 2.05) is 0 Å². The third kappa shape index (κ3) is 2.74. The van der Waals surface area contributed by atoms with Crippen molar-refractivity contribution in [2.24, 2.45) is 0 Å². The van der Waals surface area contributed by atoms with Gasteiger partial charge in [-0.1, -0.05) is 6.07 Å². The molecule has 0 fully saturated rings. The van der Waals surface area contributed by atoms with Gasteiger partial charge in [-0.05, 0) is 24.3 Å². The van der Waals surface area contributed by atoms with Crippen LogP contribution in [0.15, 0.2) is 49.1 Å². The number of anilines is 1. The summed E-state index contributed by atoms with van der Waals surface area (Å²) in [6.45, 7) is 0. The monoisotopic (exact) mass is 396 g/mol. The molecule has 8 nitrogen and oxygen atoms in total. The average Bonchev–Trinajstić information content (AvgIpc) is 3.34. The van der Waals surface area contributed by atoms with Gasteiger partial charge in [0.05, 0.1) is 11.8 Å². The largest absolute Gasteiger partial charge is 0.433 e. The highest BCUT2D eigenvalue weighted by molar-refractivity contribution is 5.92. The Morgan fingerprint density at radius 2 is 1.86 bits per heavy atom. The Morgan fingerprint density at radius 1 is 1.00 bits per heavy atom. The maximum Gasteiger partial charge on any atom is 0.433 e. The van der Waals surface area contributed by atoms with Crippen LogP contribution in [-0.2, 0) is 6.18 Å². The van der Waals surface area contributed by atoms with Gasteiger partial charge in [-0.15, -0.1) is 0 Å². The summed E-state index contributed by atoms with van der Waals surface area (Å²) in [5.41, 5.74) is 6.45. The number of rotatable bonds is 2. The van der Waals surface area contributed by atoms with Crippen molar-refractivity contribution in [2.75, 3.05) is 5.73 Å². The number of nitrogen functional groups attached to an aromatic ring is 1. The van der Waals surface area contributed by atoms with Gasteiger partial charge in [0.15, 0.2) is 17.3 Å². The molecule has 0 saturated carbocycles. The van der Waals surface area contributed by atoms with Crippen LogP contribution in [0, 0.1) is 0 Å². The molecular weight excluding hydrogens is 385 g/mol. The van der Waals surface area contributed by atoms with Crippen molar-refractivity contribution < 1.29 is 13.2 Å². The number of hydrogen-bond acceptors (Lipinski definition) is 6. The molecule has 5 rings (SSSR count). The molecule has 0 aromatic carbocycles. The first-order valence-corrected chi connectivity index (χ1v) is 8.39. The highest BCUT2D eigenvalue weighted by Crippen LogP contribution is 2.30. The summed E-state index contributed by atoms with van der Waals surface area (Å²) < 4.78 is 40.9. The van der Waals surface area contributed by atoms with Gasteiger partial charge in [0, 0.05) is 17.8 Å². The van der Waals surface area contributed by atoms with Crippen molar-refractivity contribution in [3.63, 3.8) is 0 Å². The second-order valence-corrected chi connectivity index (χ2v) is 6.19. The Labute approximate surface area is 160 Å². The number of pyridine rings is 2. The number of imidazole rings is 1. The number of nitrogens with zero attached hydrogens (tertiary/aromatic N) is 6. The van der Waals surface area contributed by atoms with Gasteiger partial charge >= 0.3 is 6.18 Å². The quantitative estimate of drug-likeness (QED) is 0.473. The minimum atomic E-state index is -4.57. The lowest BCUT2D eigenvalue weighted by Crippen LogP contribution is -2.09. The standard InChI is InChI=1S/C18H11F3N8/c19-18(20,21)12-3-1-2-10(26-12)15-27-16-13(24-8-25-16)17(28-15)29-7-5-9-11(29)4-6-23-14(9)22/h1-8H,(H2,22,23)(H,24,25,27,28). The molecule has 0 amide bonds. The second-order valence-electron chi connectivity index (χ2n) is 6.19. The second kappa shape index (κ2) is 5.99. The van der Waals surface area contributed by atoms with E-state index in [0.29, 0.717) is 22.8 Å². The molecule has 29 heavy (non-hydrogen) atoms. The molecular formula is C18H11F3N8. The molecule has 0 aliphatic rings. The van der Waals surface area contributed by atoms with Gasteiger partial charge in [-0.3, -0.25) is 4.57 Å². The van der Waals surface area contributed by atoms with E-state index < -0.39 is 11.9 Å². The zero-order valence-electron chi connectivity index (χ0n) is 14.5. The normalized spacial score (nSPS) is 12.1. The Kier molecular flexibility index (Phi) is 3.53. The van der Waals surface area contributed by atoms with E-state index in [9.17, 15) is 13.2 Å². The van der Waals surface area contributed by atoms with E-state index in [4.69, 9.17) is 5.73 Å². The van der Waals surface area contributed by atoms with Crippen molar-refractivity contribution >= 4 is 27.9 Å². The molecule has 0 unspecified atom stereocenters. The first-order valence-electron chi connectivity index (χ1n) is 8.39. The molecule has 5 aromatic heterocycles. The Balaban J connectivity index is 1.76. The fourth-order valence-corrected chi connectivity index (χ4v) is 3.10. The van der Waals surface area contributed by atoms with Gasteiger partial charge < -0.3 is 10.7 Å². The van der Waals surface area contributed by atoms with Crippen LogP contribution < -0.4 is 5.73 Å². The first kappa shape index (κ1) is 17.1. The average molecular weight is 396 g/mol. The molecule has 5 heterocycles. The number of hydrogen-bond donors (Lipinski definition) is 2. The van der Waals surface area contributed by atoms with E-state index in [2.05, 4.69) is 29.9 Å². The minimum Gasteiger partial charge on any atom is -0.383 e. The fraction of sp³-hybridized carbons (Fsp3) is 0.0556. The predicted octanol–water partition coefficient (Wildman–Crippen LogP) is 3.35. The van der Waals surface area contributed by atoms with Crippen molar-refractivity contribution in [3.05, 3.63) is 54.7 Å². The van der Waals surface area contributed by atoms with Gasteiger partial charge in [0.25, 0.3) is 0 Å². The molecule has 0 atom stereocenters. The zero-order chi connectivity index (χ0) is 20.2. The van der Waals surface area contributed by atoms with Crippen LogP contribution in [-0.4, -0.2) is 34.5 Å². The van der Waals surface area contributed by atoms with E-state index in [0.717, 1.165) is 17.0 Å². The van der Waals surface area contributed by atoms with Gasteiger partial charge in [-0.25, -0.2) is 24.9 Å². The zero-order valence-corrected chi connectivity index (χ0v) is 14.5. The van der Waals surface area contributed by atoms with Crippen molar-refractivity contribution in [1.82, 2.24) is 34.5 Å². The number of aromatic nitrogens is 7. The highest BCUT2D eigenvalue weighted by Gasteiger charge is 2.32. The third-order valence-electron chi connectivity index (χ3n) is 4.41. The van der Waals surface area contributed by atoms with Crippen LogP contribution in [0.5, 0.6) is 0 Å². The number of halogens is 3. The van der Waals surface area contributed by atoms with Crippen LogP contribution in [0.1, 0.15) is 5.69 Å². The number of H-pyrrole nitrogens is 1. The SMILES string of the molecule is Nc1nccc2c1ccn2-c1nc(-c2cccc(C(F)(F)F)n2)nc2nc[nH]c12. The molecule has 0 radical (unpaired) electrons. The minimum absolute atomic E-state index is 0.0105. The molecule has 3 N–H and O–H groups in total. The number of fused-ring (bicyclic) bond motifs is 2. The summed E-state index contributed by atoms with van der Waals surface area (Å²) in [5, 5.41) is 0.720. The van der Waals surface area contributed by atoms with E-state index in [1.165, 1.54) is 18.5 Å². The molecule has 0 aliphatic heterocycles. The van der Waals surface area contributed by atoms with Crippen LogP contribution in [0.3, 0.4) is 0 Å². The number of nitrogens with two attached hydrogens (primary N) is 1. The third-order valence-corrected chi connectivity index (χ3v) is 4.41. The molecule has 0 spiro atoms. The molecule has 11 heteroatoms. The maximum atomic E-state index is 13.1. The summed E-state index contributed by atoms with van der Waals surface area (Å²) in [6, 6.07) is 7.12. The number of aromatic amines is 1. The smallest absolute Gasteiger partial charge is 0.383 e. The Bertz CT molecular complexity index is 1370. The predicted molar refractivity (Wildman–Crippen MR) is 99.0 cm³/mol. The topological polar surface area (TPSA) is 111 Å². The number of alkyl halides is 3. The number of nitrogens with one attached hydrogen (secondary N) is 1. The summed E-state index contributed by atoms with van der Waals surface area (Å²) in [5.74, 6) is 0.785. The summed E-state index contributed by atoms with van der Waals surface area (Å²) in [6.07, 6.45) is 0.174. The van der Waals surface area contributed by atoms with Gasteiger partial charge in [0.1, 0.15) is 22.7 Å². The molecule has 0 aliphatic carbocycles.